The first-order valence-corrected chi connectivity index (χ1v) is 7.08. The van der Waals surface area contributed by atoms with Crippen molar-refractivity contribution in [3.63, 3.8) is 0 Å². The van der Waals surface area contributed by atoms with Crippen molar-refractivity contribution < 1.29 is 9.84 Å². The molecule has 1 aliphatic rings. The van der Waals surface area contributed by atoms with Gasteiger partial charge >= 0.3 is 0 Å². The topological polar surface area (TPSA) is 32.7 Å². The molecule has 106 valence electrons. The fourth-order valence-electron chi connectivity index (χ4n) is 3.18. The second-order valence-electron chi connectivity index (χ2n) is 5.86. The number of aliphatic hydroxyl groups is 1. The number of ether oxygens (including phenoxy) is 1. The average molecular weight is 263 g/mol. The number of hydrogen-bond acceptors (Lipinski definition) is 3. The molecule has 0 aliphatic heterocycles. The standard InChI is InChI=1S/C16H25NO2/c1-17(2)12-14-7-4-5-10-16(14,18)13-8-6-9-15(11-13)19-3/h6,8-9,11,14,18H,4-5,7,10,12H2,1-3H3/t14-,16?/m1/s1. The number of nitrogens with zero attached hydrogens (tertiary/aromatic N) is 1. The van der Waals surface area contributed by atoms with Gasteiger partial charge in [-0.3, -0.25) is 0 Å². The Kier molecular flexibility index (Phi) is 4.48. The third-order valence-corrected chi connectivity index (χ3v) is 4.19. The highest BCUT2D eigenvalue weighted by Crippen LogP contribution is 2.42. The summed E-state index contributed by atoms with van der Waals surface area (Å²) >= 11 is 0. The predicted octanol–water partition coefficient (Wildman–Crippen LogP) is 2.63. The first-order chi connectivity index (χ1) is 9.06. The van der Waals surface area contributed by atoms with Gasteiger partial charge in [0.15, 0.2) is 0 Å². The third kappa shape index (κ3) is 3.10. The fourth-order valence-corrected chi connectivity index (χ4v) is 3.18. The van der Waals surface area contributed by atoms with Gasteiger partial charge in [-0.1, -0.05) is 25.0 Å². The zero-order valence-electron chi connectivity index (χ0n) is 12.2. The lowest BCUT2D eigenvalue weighted by Crippen LogP contribution is -2.43. The second kappa shape index (κ2) is 5.93. The van der Waals surface area contributed by atoms with E-state index >= 15 is 0 Å². The smallest absolute Gasteiger partial charge is 0.119 e. The van der Waals surface area contributed by atoms with Gasteiger partial charge in [0.2, 0.25) is 0 Å². The highest BCUT2D eigenvalue weighted by atomic mass is 16.5. The molecule has 1 aromatic carbocycles. The lowest BCUT2D eigenvalue weighted by Gasteiger charge is -2.41. The van der Waals surface area contributed by atoms with Crippen molar-refractivity contribution in [2.45, 2.75) is 31.3 Å². The van der Waals surface area contributed by atoms with Gasteiger partial charge in [0.1, 0.15) is 5.75 Å². The first kappa shape index (κ1) is 14.4. The zero-order valence-corrected chi connectivity index (χ0v) is 12.2. The number of methoxy groups -OCH3 is 1. The third-order valence-electron chi connectivity index (χ3n) is 4.19. The van der Waals surface area contributed by atoms with Crippen LogP contribution in [-0.2, 0) is 5.60 Å². The Morgan fingerprint density at radius 2 is 2.16 bits per heavy atom. The molecule has 0 aromatic heterocycles. The van der Waals surface area contributed by atoms with E-state index < -0.39 is 5.60 Å². The zero-order chi connectivity index (χ0) is 13.9. The summed E-state index contributed by atoms with van der Waals surface area (Å²) in [6.45, 7) is 0.924. The molecule has 1 unspecified atom stereocenters. The van der Waals surface area contributed by atoms with Crippen molar-refractivity contribution in [2.75, 3.05) is 27.7 Å². The molecular weight excluding hydrogens is 238 g/mol. The van der Waals surface area contributed by atoms with Crippen molar-refractivity contribution in [1.82, 2.24) is 4.90 Å². The van der Waals surface area contributed by atoms with E-state index in [2.05, 4.69) is 19.0 Å². The van der Waals surface area contributed by atoms with Crippen LogP contribution < -0.4 is 4.74 Å². The molecular formula is C16H25NO2. The van der Waals surface area contributed by atoms with Gasteiger partial charge in [-0.05, 0) is 44.6 Å². The van der Waals surface area contributed by atoms with Crippen molar-refractivity contribution in [3.8, 4) is 5.75 Å². The molecule has 2 atom stereocenters. The average Bonchev–Trinajstić information content (AvgIpc) is 2.41. The van der Waals surface area contributed by atoms with E-state index in [0.29, 0.717) is 5.92 Å². The largest absolute Gasteiger partial charge is 0.497 e. The van der Waals surface area contributed by atoms with E-state index in [1.165, 1.54) is 6.42 Å². The van der Waals surface area contributed by atoms with Crippen LogP contribution in [0, 0.1) is 5.92 Å². The van der Waals surface area contributed by atoms with Crippen LogP contribution in [0.1, 0.15) is 31.2 Å². The van der Waals surface area contributed by atoms with Crippen LogP contribution in [0.2, 0.25) is 0 Å². The number of benzene rings is 1. The molecule has 0 radical (unpaired) electrons. The van der Waals surface area contributed by atoms with Gasteiger partial charge in [0.25, 0.3) is 0 Å². The summed E-state index contributed by atoms with van der Waals surface area (Å²) in [4.78, 5) is 2.17. The lowest BCUT2D eigenvalue weighted by atomic mass is 9.71. The molecule has 0 bridgehead atoms. The van der Waals surface area contributed by atoms with Gasteiger partial charge in [-0.25, -0.2) is 0 Å². The molecule has 1 aliphatic carbocycles. The number of rotatable bonds is 4. The van der Waals surface area contributed by atoms with Gasteiger partial charge in [-0.15, -0.1) is 0 Å². The fraction of sp³-hybridized carbons (Fsp3) is 0.625. The maximum Gasteiger partial charge on any atom is 0.119 e. The quantitative estimate of drug-likeness (QED) is 0.906. The molecule has 19 heavy (non-hydrogen) atoms. The molecule has 1 saturated carbocycles. The summed E-state index contributed by atoms with van der Waals surface area (Å²) in [5.41, 5.74) is 0.287. The van der Waals surface area contributed by atoms with E-state index in [9.17, 15) is 5.11 Å². The number of hydrogen-bond donors (Lipinski definition) is 1. The maximum atomic E-state index is 11.2. The van der Waals surface area contributed by atoms with Crippen molar-refractivity contribution >= 4 is 0 Å². The van der Waals surface area contributed by atoms with Crippen molar-refractivity contribution in [2.24, 2.45) is 5.92 Å². The molecule has 3 nitrogen and oxygen atoms in total. The molecule has 0 saturated heterocycles. The molecule has 2 rings (SSSR count). The first-order valence-electron chi connectivity index (χ1n) is 7.08. The maximum absolute atomic E-state index is 11.2. The van der Waals surface area contributed by atoms with Gasteiger partial charge < -0.3 is 14.7 Å². The van der Waals surface area contributed by atoms with Crippen LogP contribution in [0.15, 0.2) is 24.3 Å². The summed E-state index contributed by atoms with van der Waals surface area (Å²) in [7, 11) is 5.81. The Bertz CT molecular complexity index is 419. The van der Waals surface area contributed by atoms with E-state index in [1.807, 2.05) is 24.3 Å². The van der Waals surface area contributed by atoms with E-state index in [0.717, 1.165) is 37.1 Å². The Morgan fingerprint density at radius 1 is 1.37 bits per heavy atom. The van der Waals surface area contributed by atoms with Crippen LogP contribution in [0.3, 0.4) is 0 Å². The van der Waals surface area contributed by atoms with Crippen LogP contribution in [0.25, 0.3) is 0 Å². The highest BCUT2D eigenvalue weighted by molar-refractivity contribution is 5.33. The molecule has 1 fully saturated rings. The summed E-state index contributed by atoms with van der Waals surface area (Å²) < 4.78 is 5.29. The Labute approximate surface area is 116 Å². The minimum atomic E-state index is -0.711. The molecule has 1 aromatic rings. The van der Waals surface area contributed by atoms with E-state index in [-0.39, 0.29) is 0 Å². The molecule has 0 spiro atoms. The SMILES string of the molecule is COc1cccc(C2(O)CCCC[C@@H]2CN(C)C)c1. The van der Waals surface area contributed by atoms with E-state index in [4.69, 9.17) is 4.74 Å². The van der Waals surface area contributed by atoms with Crippen molar-refractivity contribution in [1.29, 1.82) is 0 Å². The molecule has 3 heteroatoms. The normalized spacial score (nSPS) is 27.5. The van der Waals surface area contributed by atoms with Crippen LogP contribution in [0.4, 0.5) is 0 Å². The predicted molar refractivity (Wildman–Crippen MR) is 77.4 cm³/mol. The summed E-state index contributed by atoms with van der Waals surface area (Å²) in [5.74, 6) is 1.11. The lowest BCUT2D eigenvalue weighted by molar-refractivity contribution is -0.0619. The van der Waals surface area contributed by atoms with Crippen molar-refractivity contribution in [3.05, 3.63) is 29.8 Å². The van der Waals surface area contributed by atoms with Gasteiger partial charge in [-0.2, -0.15) is 0 Å². The minimum Gasteiger partial charge on any atom is -0.497 e. The van der Waals surface area contributed by atoms with E-state index in [1.54, 1.807) is 7.11 Å². The minimum absolute atomic E-state index is 0.295. The summed E-state index contributed by atoms with van der Waals surface area (Å²) in [5, 5.41) is 11.2. The molecule has 1 N–H and O–H groups in total. The molecule has 0 heterocycles. The van der Waals surface area contributed by atoms with Crippen LogP contribution >= 0.6 is 0 Å². The molecule has 0 amide bonds. The Morgan fingerprint density at radius 3 is 2.84 bits per heavy atom. The highest BCUT2D eigenvalue weighted by Gasteiger charge is 2.40. The van der Waals surface area contributed by atoms with Crippen LogP contribution in [-0.4, -0.2) is 37.8 Å². The second-order valence-corrected chi connectivity index (χ2v) is 5.86. The summed E-state index contributed by atoms with van der Waals surface area (Å²) in [6, 6.07) is 7.90. The van der Waals surface area contributed by atoms with Gasteiger partial charge in [0.05, 0.1) is 12.7 Å². The van der Waals surface area contributed by atoms with Gasteiger partial charge in [0, 0.05) is 12.5 Å². The monoisotopic (exact) mass is 263 g/mol. The Hall–Kier alpha value is -1.06. The van der Waals surface area contributed by atoms with Crippen LogP contribution in [0.5, 0.6) is 5.75 Å². The summed E-state index contributed by atoms with van der Waals surface area (Å²) in [6.07, 6.45) is 4.24. The Balaban J connectivity index is 2.30.